The number of rotatable bonds is 1. The molecular formula is C10H15IN2. The molecule has 13 heavy (non-hydrogen) atoms. The van der Waals surface area contributed by atoms with E-state index in [2.05, 4.69) is 32.6 Å². The fraction of sp³-hybridized carbons (Fsp3) is 0.700. The zero-order valence-electron chi connectivity index (χ0n) is 7.72. The fourth-order valence-corrected chi connectivity index (χ4v) is 2.49. The van der Waals surface area contributed by atoms with E-state index in [1.807, 2.05) is 6.20 Å². The van der Waals surface area contributed by atoms with Crippen LogP contribution in [-0.2, 0) is 0 Å². The maximum Gasteiger partial charge on any atom is 0.109 e. The lowest BCUT2D eigenvalue weighted by atomic mass is 10.00. The summed E-state index contributed by atoms with van der Waals surface area (Å²) in [7, 11) is 0. The molecule has 0 unspecified atom stereocenters. The van der Waals surface area contributed by atoms with Gasteiger partial charge in [-0.15, -0.1) is 0 Å². The average Bonchev–Trinajstić information content (AvgIpc) is 2.43. The lowest BCUT2D eigenvalue weighted by Gasteiger charge is -2.09. The van der Waals surface area contributed by atoms with Gasteiger partial charge in [-0.25, -0.2) is 4.98 Å². The number of H-pyrrole nitrogens is 1. The number of hydrogen-bond donors (Lipinski definition) is 1. The molecule has 2 rings (SSSR count). The van der Waals surface area contributed by atoms with Crippen molar-refractivity contribution in [2.75, 3.05) is 0 Å². The summed E-state index contributed by atoms with van der Waals surface area (Å²) in [6.45, 7) is 0. The van der Waals surface area contributed by atoms with E-state index in [4.69, 9.17) is 0 Å². The van der Waals surface area contributed by atoms with Gasteiger partial charge in [-0.2, -0.15) is 0 Å². The highest BCUT2D eigenvalue weighted by Gasteiger charge is 2.16. The van der Waals surface area contributed by atoms with Crippen molar-refractivity contribution in [2.24, 2.45) is 0 Å². The Labute approximate surface area is 92.7 Å². The van der Waals surface area contributed by atoms with Crippen LogP contribution >= 0.6 is 22.6 Å². The smallest absolute Gasteiger partial charge is 0.109 e. The van der Waals surface area contributed by atoms with Gasteiger partial charge in [-0.1, -0.05) is 25.7 Å². The number of nitrogens with zero attached hydrogens (tertiary/aromatic N) is 1. The van der Waals surface area contributed by atoms with E-state index in [0.717, 1.165) is 3.70 Å². The van der Waals surface area contributed by atoms with Gasteiger partial charge in [0.15, 0.2) is 0 Å². The average molecular weight is 290 g/mol. The monoisotopic (exact) mass is 290 g/mol. The van der Waals surface area contributed by atoms with Gasteiger partial charge in [0.05, 0.1) is 9.90 Å². The van der Waals surface area contributed by atoms with Crippen LogP contribution in [0.1, 0.15) is 50.3 Å². The van der Waals surface area contributed by atoms with Crippen LogP contribution in [0.3, 0.4) is 0 Å². The molecule has 0 radical (unpaired) electrons. The maximum atomic E-state index is 4.42. The van der Waals surface area contributed by atoms with Crippen molar-refractivity contribution in [3.63, 3.8) is 0 Å². The molecule has 1 saturated carbocycles. The summed E-state index contributed by atoms with van der Waals surface area (Å²) >= 11 is 2.29. The molecule has 1 aromatic rings. The Bertz CT molecular complexity index is 262. The summed E-state index contributed by atoms with van der Waals surface area (Å²) in [5.41, 5.74) is 0. The van der Waals surface area contributed by atoms with E-state index in [-0.39, 0.29) is 0 Å². The quantitative estimate of drug-likeness (QED) is 0.623. The predicted octanol–water partition coefficient (Wildman–Crippen LogP) is 3.45. The zero-order valence-corrected chi connectivity index (χ0v) is 9.88. The van der Waals surface area contributed by atoms with E-state index in [0.29, 0.717) is 5.92 Å². The minimum atomic E-state index is 0.700. The molecule has 1 fully saturated rings. The van der Waals surface area contributed by atoms with E-state index < -0.39 is 0 Å². The SMILES string of the molecule is Ic1cnc(C2CCCCCC2)[nH]1. The largest absolute Gasteiger partial charge is 0.337 e. The van der Waals surface area contributed by atoms with Crippen LogP contribution in [0.2, 0.25) is 0 Å². The summed E-state index contributed by atoms with van der Waals surface area (Å²) in [6, 6.07) is 0. The van der Waals surface area contributed by atoms with Crippen LogP contribution < -0.4 is 0 Å². The van der Waals surface area contributed by atoms with Crippen molar-refractivity contribution in [1.82, 2.24) is 9.97 Å². The van der Waals surface area contributed by atoms with Crippen molar-refractivity contribution < 1.29 is 0 Å². The van der Waals surface area contributed by atoms with E-state index in [1.165, 1.54) is 44.3 Å². The molecule has 0 saturated heterocycles. The second-order valence-electron chi connectivity index (χ2n) is 3.80. The summed E-state index contributed by atoms with van der Waals surface area (Å²) in [4.78, 5) is 7.77. The Balaban J connectivity index is 2.06. The number of imidazole rings is 1. The van der Waals surface area contributed by atoms with Gasteiger partial charge in [-0.05, 0) is 35.4 Å². The molecule has 1 N–H and O–H groups in total. The zero-order chi connectivity index (χ0) is 9.10. The van der Waals surface area contributed by atoms with Gasteiger partial charge in [0.25, 0.3) is 0 Å². The number of hydrogen-bond acceptors (Lipinski definition) is 1. The van der Waals surface area contributed by atoms with Crippen LogP contribution in [0.5, 0.6) is 0 Å². The van der Waals surface area contributed by atoms with Crippen LogP contribution in [0.4, 0.5) is 0 Å². The van der Waals surface area contributed by atoms with E-state index >= 15 is 0 Å². The third-order valence-corrected chi connectivity index (χ3v) is 3.35. The van der Waals surface area contributed by atoms with Crippen molar-refractivity contribution >= 4 is 22.6 Å². The molecule has 0 amide bonds. The Kier molecular flexibility index (Phi) is 3.24. The van der Waals surface area contributed by atoms with Crippen molar-refractivity contribution in [3.05, 3.63) is 15.7 Å². The third-order valence-electron chi connectivity index (χ3n) is 2.81. The van der Waals surface area contributed by atoms with Crippen molar-refractivity contribution in [2.45, 2.75) is 44.4 Å². The molecule has 3 heteroatoms. The van der Waals surface area contributed by atoms with Gasteiger partial charge >= 0.3 is 0 Å². The van der Waals surface area contributed by atoms with E-state index in [1.54, 1.807) is 0 Å². The predicted molar refractivity (Wildman–Crippen MR) is 61.7 cm³/mol. The van der Waals surface area contributed by atoms with E-state index in [9.17, 15) is 0 Å². The van der Waals surface area contributed by atoms with Gasteiger partial charge in [0.2, 0.25) is 0 Å². The summed E-state index contributed by atoms with van der Waals surface area (Å²) < 4.78 is 1.16. The topological polar surface area (TPSA) is 28.7 Å². The summed E-state index contributed by atoms with van der Waals surface area (Å²) in [6.07, 6.45) is 10.2. The number of halogens is 1. The van der Waals surface area contributed by atoms with Gasteiger partial charge < -0.3 is 4.98 Å². The van der Waals surface area contributed by atoms with Crippen LogP contribution in [-0.4, -0.2) is 9.97 Å². The molecule has 1 heterocycles. The van der Waals surface area contributed by atoms with Gasteiger partial charge in [-0.3, -0.25) is 0 Å². The highest BCUT2D eigenvalue weighted by molar-refractivity contribution is 14.1. The molecule has 72 valence electrons. The molecule has 0 spiro atoms. The number of aromatic amines is 1. The first-order valence-corrected chi connectivity index (χ1v) is 6.14. The summed E-state index contributed by atoms with van der Waals surface area (Å²) in [5, 5.41) is 0. The number of aromatic nitrogens is 2. The minimum Gasteiger partial charge on any atom is -0.337 e. The second-order valence-corrected chi connectivity index (χ2v) is 4.97. The molecule has 0 aromatic carbocycles. The fourth-order valence-electron chi connectivity index (χ4n) is 2.07. The lowest BCUT2D eigenvalue weighted by molar-refractivity contribution is 0.565. The first-order chi connectivity index (χ1) is 6.36. The highest BCUT2D eigenvalue weighted by atomic mass is 127. The minimum absolute atomic E-state index is 0.700. The van der Waals surface area contributed by atoms with Crippen LogP contribution in [0.25, 0.3) is 0 Å². The lowest BCUT2D eigenvalue weighted by Crippen LogP contribution is -1.99. The standard InChI is InChI=1S/C10H15IN2/c11-9-7-12-10(13-9)8-5-3-1-2-4-6-8/h7-8H,1-6H2,(H,12,13). The molecule has 1 aromatic heterocycles. The second kappa shape index (κ2) is 4.44. The van der Waals surface area contributed by atoms with Crippen LogP contribution in [0, 0.1) is 3.70 Å². The Morgan fingerprint density at radius 1 is 1.23 bits per heavy atom. The van der Waals surface area contributed by atoms with Gasteiger partial charge in [0, 0.05) is 5.92 Å². The Morgan fingerprint density at radius 2 is 1.92 bits per heavy atom. The molecule has 1 aliphatic rings. The highest BCUT2D eigenvalue weighted by Crippen LogP contribution is 2.29. The van der Waals surface area contributed by atoms with Crippen molar-refractivity contribution in [1.29, 1.82) is 0 Å². The molecule has 0 aliphatic heterocycles. The van der Waals surface area contributed by atoms with Gasteiger partial charge in [0.1, 0.15) is 5.82 Å². The first kappa shape index (κ1) is 9.49. The normalized spacial score (nSPS) is 20.1. The molecule has 1 aliphatic carbocycles. The Morgan fingerprint density at radius 3 is 2.46 bits per heavy atom. The first-order valence-electron chi connectivity index (χ1n) is 5.06. The number of nitrogens with one attached hydrogen (secondary N) is 1. The van der Waals surface area contributed by atoms with Crippen molar-refractivity contribution in [3.8, 4) is 0 Å². The molecule has 2 nitrogen and oxygen atoms in total. The Hall–Kier alpha value is -0.0600. The maximum absolute atomic E-state index is 4.42. The molecular weight excluding hydrogens is 275 g/mol. The molecule has 0 bridgehead atoms. The molecule has 0 atom stereocenters. The van der Waals surface area contributed by atoms with Crippen LogP contribution in [0.15, 0.2) is 6.20 Å². The summed E-state index contributed by atoms with van der Waals surface area (Å²) in [5.74, 6) is 1.91. The third kappa shape index (κ3) is 2.45.